The molecule has 0 bridgehead atoms. The molecular weight excluding hydrogens is 362 g/mol. The third-order valence-electron chi connectivity index (χ3n) is 5.34. The lowest BCUT2D eigenvalue weighted by Gasteiger charge is -2.27. The highest BCUT2D eigenvalue weighted by molar-refractivity contribution is 5.90. The lowest BCUT2D eigenvalue weighted by Crippen LogP contribution is -2.47. The average molecular weight is 388 g/mol. The predicted octanol–water partition coefficient (Wildman–Crippen LogP) is 4.47. The summed E-state index contributed by atoms with van der Waals surface area (Å²) in [5.41, 5.74) is 4.18. The first-order valence-corrected chi connectivity index (χ1v) is 9.89. The zero-order valence-corrected chi connectivity index (χ0v) is 16.9. The number of quaternary nitrogens is 1. The lowest BCUT2D eigenvalue weighted by molar-refractivity contribution is -0.127. The maximum Gasteiger partial charge on any atom is 0.322 e. The molecule has 148 valence electrons. The quantitative estimate of drug-likeness (QED) is 0.443. The fourth-order valence-electron chi connectivity index (χ4n) is 3.24. The zero-order valence-electron chi connectivity index (χ0n) is 16.9. The number of carbonyl (C=O) groups is 1. The summed E-state index contributed by atoms with van der Waals surface area (Å²) in [4.78, 5) is 13.0. The van der Waals surface area contributed by atoms with Crippen molar-refractivity contribution in [2.75, 3.05) is 27.3 Å². The number of nitrogens with zero attached hydrogens (tertiary/aromatic N) is 1. The molecule has 1 atom stereocenters. The number of hydrogen-bond acceptors (Lipinski definition) is 3. The Morgan fingerprint density at radius 2 is 1.69 bits per heavy atom. The molecule has 0 spiro atoms. The minimum absolute atomic E-state index is 0.152. The number of carbonyl (C=O) groups excluding carboxylic acids is 1. The van der Waals surface area contributed by atoms with Crippen LogP contribution in [0.2, 0.25) is 0 Å². The van der Waals surface area contributed by atoms with E-state index in [2.05, 4.69) is 12.1 Å². The zero-order chi connectivity index (χ0) is 20.3. The van der Waals surface area contributed by atoms with Crippen LogP contribution < -0.4 is 9.22 Å². The fourth-order valence-corrected chi connectivity index (χ4v) is 3.24. The van der Waals surface area contributed by atoms with Gasteiger partial charge in [-0.1, -0.05) is 54.6 Å². The van der Waals surface area contributed by atoms with Crippen LogP contribution in [0.5, 0.6) is 5.75 Å². The molecule has 0 aliphatic carbocycles. The second kappa shape index (κ2) is 8.19. The summed E-state index contributed by atoms with van der Waals surface area (Å²) in [5, 5.41) is 0. The minimum Gasteiger partial charge on any atom is -0.491 e. The van der Waals surface area contributed by atoms with Crippen molar-refractivity contribution in [2.45, 2.75) is 12.5 Å². The summed E-state index contributed by atoms with van der Waals surface area (Å²) >= 11 is 0. The SMILES string of the molecule is C[N+](C)(C(=O)Cc1ccccc1)c1cccc(-c2ccc(OCC3CO3)cc2)c1. The van der Waals surface area contributed by atoms with Gasteiger partial charge in [0.2, 0.25) is 0 Å². The van der Waals surface area contributed by atoms with Crippen LogP contribution in [0.4, 0.5) is 5.69 Å². The van der Waals surface area contributed by atoms with Crippen LogP contribution in [0.3, 0.4) is 0 Å². The standard InChI is InChI=1S/C25H26NO3/c1-26(2,25(27)15-19-7-4-3-5-8-19)22-10-6-9-21(16-22)20-11-13-23(14-12-20)28-17-24-18-29-24/h3-14,16,24H,15,17-18H2,1-2H3/q+1. The molecule has 29 heavy (non-hydrogen) atoms. The number of epoxide rings is 1. The molecule has 1 aliphatic heterocycles. The molecule has 3 aromatic rings. The topological polar surface area (TPSA) is 38.8 Å². The number of amides is 1. The van der Waals surface area contributed by atoms with Crippen LogP contribution in [-0.2, 0) is 16.0 Å². The highest BCUT2D eigenvalue weighted by atomic mass is 16.6. The van der Waals surface area contributed by atoms with Crippen molar-refractivity contribution in [3.63, 3.8) is 0 Å². The van der Waals surface area contributed by atoms with Crippen LogP contribution in [-0.4, -0.2) is 39.3 Å². The van der Waals surface area contributed by atoms with Gasteiger partial charge in [0.05, 0.1) is 27.1 Å². The Balaban J connectivity index is 1.50. The third kappa shape index (κ3) is 4.73. The normalized spacial score (nSPS) is 15.7. The van der Waals surface area contributed by atoms with E-state index in [0.717, 1.165) is 34.7 Å². The summed E-state index contributed by atoms with van der Waals surface area (Å²) in [7, 11) is 3.89. The number of likely N-dealkylation sites (N-methyl/N-ethyl adjacent to an activating group) is 1. The molecule has 4 rings (SSSR count). The summed E-state index contributed by atoms with van der Waals surface area (Å²) < 4.78 is 11.1. The van der Waals surface area contributed by atoms with E-state index >= 15 is 0 Å². The largest absolute Gasteiger partial charge is 0.491 e. The van der Waals surface area contributed by atoms with Crippen molar-refractivity contribution < 1.29 is 14.3 Å². The van der Waals surface area contributed by atoms with Crippen molar-refractivity contribution in [2.24, 2.45) is 0 Å². The monoisotopic (exact) mass is 388 g/mol. The number of ether oxygens (including phenoxy) is 2. The van der Waals surface area contributed by atoms with Crippen molar-refractivity contribution in [1.82, 2.24) is 4.48 Å². The van der Waals surface area contributed by atoms with Crippen LogP contribution in [0.15, 0.2) is 78.9 Å². The van der Waals surface area contributed by atoms with Gasteiger partial charge in [-0.15, -0.1) is 0 Å². The Morgan fingerprint density at radius 3 is 2.38 bits per heavy atom. The van der Waals surface area contributed by atoms with Gasteiger partial charge in [-0.2, -0.15) is 0 Å². The molecule has 1 heterocycles. The highest BCUT2D eigenvalue weighted by Gasteiger charge is 2.29. The van der Waals surface area contributed by atoms with Gasteiger partial charge in [0.25, 0.3) is 0 Å². The fraction of sp³-hybridized carbons (Fsp3) is 0.240. The second-order valence-electron chi connectivity index (χ2n) is 7.85. The average Bonchev–Trinajstić information content (AvgIpc) is 3.58. The van der Waals surface area contributed by atoms with Crippen LogP contribution in [0.25, 0.3) is 11.1 Å². The molecule has 4 heteroatoms. The molecule has 0 N–H and O–H groups in total. The van der Waals surface area contributed by atoms with E-state index in [9.17, 15) is 4.79 Å². The Bertz CT molecular complexity index is 976. The van der Waals surface area contributed by atoms with Crippen molar-refractivity contribution in [3.8, 4) is 16.9 Å². The van der Waals surface area contributed by atoms with Crippen molar-refractivity contribution in [1.29, 1.82) is 0 Å². The number of rotatable bonds is 7. The van der Waals surface area contributed by atoms with Crippen LogP contribution >= 0.6 is 0 Å². The lowest BCUT2D eigenvalue weighted by atomic mass is 10.0. The van der Waals surface area contributed by atoms with E-state index in [1.807, 2.05) is 80.8 Å². The molecule has 1 aliphatic rings. The Hall–Kier alpha value is -2.95. The van der Waals surface area contributed by atoms with E-state index in [1.54, 1.807) is 0 Å². The van der Waals surface area contributed by atoms with E-state index in [-0.39, 0.29) is 16.5 Å². The summed E-state index contributed by atoms with van der Waals surface area (Å²) in [6.45, 7) is 1.39. The van der Waals surface area contributed by atoms with E-state index in [4.69, 9.17) is 9.47 Å². The first-order chi connectivity index (χ1) is 14.0. The van der Waals surface area contributed by atoms with Gasteiger partial charge in [-0.25, -0.2) is 9.28 Å². The van der Waals surface area contributed by atoms with E-state index in [1.165, 1.54) is 0 Å². The molecular formula is C25H26NO3+. The van der Waals surface area contributed by atoms with E-state index < -0.39 is 0 Å². The summed E-state index contributed by atoms with van der Waals surface area (Å²) in [6, 6.07) is 26.1. The molecule has 1 saturated heterocycles. The molecule has 1 fully saturated rings. The van der Waals surface area contributed by atoms with Gasteiger partial charge in [0, 0.05) is 6.07 Å². The molecule has 0 aromatic heterocycles. The highest BCUT2D eigenvalue weighted by Crippen LogP contribution is 2.29. The maximum absolute atomic E-state index is 13.0. The van der Waals surface area contributed by atoms with Gasteiger partial charge in [0.1, 0.15) is 24.1 Å². The Kier molecular flexibility index (Phi) is 5.47. The second-order valence-corrected chi connectivity index (χ2v) is 7.85. The molecule has 1 unspecified atom stereocenters. The summed E-state index contributed by atoms with van der Waals surface area (Å²) in [6.07, 6.45) is 0.661. The predicted molar refractivity (Wildman–Crippen MR) is 116 cm³/mol. The van der Waals surface area contributed by atoms with Gasteiger partial charge >= 0.3 is 5.91 Å². The Labute approximate surface area is 171 Å². The third-order valence-corrected chi connectivity index (χ3v) is 5.34. The van der Waals surface area contributed by atoms with Gasteiger partial charge in [0.15, 0.2) is 0 Å². The molecule has 1 amide bonds. The van der Waals surface area contributed by atoms with Crippen molar-refractivity contribution >= 4 is 11.6 Å². The van der Waals surface area contributed by atoms with Crippen LogP contribution in [0, 0.1) is 0 Å². The smallest absolute Gasteiger partial charge is 0.322 e. The van der Waals surface area contributed by atoms with Crippen LogP contribution in [0.1, 0.15) is 5.56 Å². The first-order valence-electron chi connectivity index (χ1n) is 9.89. The molecule has 4 nitrogen and oxygen atoms in total. The van der Waals surface area contributed by atoms with Gasteiger partial charge < -0.3 is 9.47 Å². The minimum atomic E-state index is 0.152. The molecule has 0 radical (unpaired) electrons. The Morgan fingerprint density at radius 1 is 0.966 bits per heavy atom. The maximum atomic E-state index is 13.0. The first kappa shape index (κ1) is 19.4. The number of benzene rings is 3. The van der Waals surface area contributed by atoms with Crippen molar-refractivity contribution in [3.05, 3.63) is 84.4 Å². The van der Waals surface area contributed by atoms with Gasteiger partial charge in [-0.3, -0.25) is 0 Å². The van der Waals surface area contributed by atoms with Gasteiger partial charge in [-0.05, 0) is 34.9 Å². The van der Waals surface area contributed by atoms with E-state index in [0.29, 0.717) is 13.0 Å². The number of hydrogen-bond donors (Lipinski definition) is 0. The molecule has 0 saturated carbocycles. The summed E-state index contributed by atoms with van der Waals surface area (Å²) in [5.74, 6) is 0.994. The molecule has 3 aromatic carbocycles.